The van der Waals surface area contributed by atoms with Gasteiger partial charge in [0.05, 0.1) is 0 Å². The molecule has 0 aromatic rings. The Hall–Kier alpha value is 1.29. The number of hydrogen-bond donors (Lipinski definition) is 0. The van der Waals surface area contributed by atoms with Gasteiger partial charge in [-0.3, -0.25) is 0 Å². The van der Waals surface area contributed by atoms with Gasteiger partial charge in [0, 0.05) is 0 Å². The molecule has 0 heterocycles. The second-order valence-corrected chi connectivity index (χ2v) is 9.83. The fourth-order valence-electron chi connectivity index (χ4n) is 0.653. The SMILES string of the molecule is CP(C)CC[P-]CCP(C)C. The maximum absolute atomic E-state index is 2.37. The average Bonchev–Trinajstić information content (AvgIpc) is 1.85. The van der Waals surface area contributed by atoms with Crippen molar-refractivity contribution in [1.29, 1.82) is 0 Å². The summed E-state index contributed by atoms with van der Waals surface area (Å²) in [6.07, 6.45) is 5.84. The lowest BCUT2D eigenvalue weighted by molar-refractivity contribution is 1.44. The first-order valence-corrected chi connectivity index (χ1v) is 10.2. The lowest BCUT2D eigenvalue weighted by atomic mass is 10.9. The van der Waals surface area contributed by atoms with Crippen LogP contribution in [-0.2, 0) is 0 Å². The summed E-state index contributed by atoms with van der Waals surface area (Å²) in [6.45, 7) is 9.49. The van der Waals surface area contributed by atoms with Gasteiger partial charge < -0.3 is 8.58 Å². The minimum Gasteiger partial charge on any atom is -0.539 e. The van der Waals surface area contributed by atoms with Crippen LogP contribution in [0.15, 0.2) is 0 Å². The van der Waals surface area contributed by atoms with E-state index in [1.54, 1.807) is 8.58 Å². The van der Waals surface area contributed by atoms with E-state index in [0.29, 0.717) is 15.8 Å². The summed E-state index contributed by atoms with van der Waals surface area (Å²) < 4.78 is 0. The third kappa shape index (κ3) is 11.3. The normalized spacial score (nSPS) is 11.5. The minimum atomic E-state index is 0.366. The van der Waals surface area contributed by atoms with Crippen LogP contribution in [0.3, 0.4) is 0 Å². The lowest BCUT2D eigenvalue weighted by Crippen LogP contribution is -1.89. The molecule has 0 saturated carbocycles. The van der Waals surface area contributed by atoms with Crippen LogP contribution in [0.5, 0.6) is 0 Å². The van der Waals surface area contributed by atoms with Gasteiger partial charge in [0.15, 0.2) is 0 Å². The Balaban J connectivity index is 2.91. The van der Waals surface area contributed by atoms with Crippen molar-refractivity contribution in [3.8, 4) is 0 Å². The Bertz CT molecular complexity index is 71.4. The Morgan fingerprint density at radius 2 is 1.18 bits per heavy atom. The van der Waals surface area contributed by atoms with Crippen LogP contribution >= 0.6 is 24.4 Å². The van der Waals surface area contributed by atoms with E-state index in [4.69, 9.17) is 0 Å². The standard InChI is InChI=1S/C8H20P3/c1-10(2)7-5-9-6-8-11(3)4/h5-8H2,1-4H3/q-1. The summed E-state index contributed by atoms with van der Waals surface area (Å²) >= 11 is 0. The second-order valence-electron chi connectivity index (χ2n) is 3.28. The average molecular weight is 209 g/mol. The fraction of sp³-hybridized carbons (Fsp3) is 1.00. The van der Waals surface area contributed by atoms with Crippen LogP contribution in [0.25, 0.3) is 0 Å². The van der Waals surface area contributed by atoms with Crippen LogP contribution < -0.4 is 0 Å². The van der Waals surface area contributed by atoms with Crippen LogP contribution in [0.1, 0.15) is 0 Å². The van der Waals surface area contributed by atoms with Gasteiger partial charge in [0.1, 0.15) is 0 Å². The molecule has 0 aromatic heterocycles. The van der Waals surface area contributed by atoms with Crippen molar-refractivity contribution in [1.82, 2.24) is 0 Å². The summed E-state index contributed by atoms with van der Waals surface area (Å²) in [4.78, 5) is 0. The Kier molecular flexibility index (Phi) is 8.84. The summed E-state index contributed by atoms with van der Waals surface area (Å²) in [5.41, 5.74) is 0. The zero-order valence-corrected chi connectivity index (χ0v) is 10.9. The maximum Gasteiger partial charge on any atom is -0.0448 e. The highest BCUT2D eigenvalue weighted by Crippen LogP contribution is 2.30. The van der Waals surface area contributed by atoms with Crippen molar-refractivity contribution in [3.63, 3.8) is 0 Å². The van der Waals surface area contributed by atoms with Crippen molar-refractivity contribution >= 4 is 24.4 Å². The molecule has 0 radical (unpaired) electrons. The molecule has 0 spiro atoms. The van der Waals surface area contributed by atoms with Crippen molar-refractivity contribution in [2.75, 3.05) is 51.3 Å². The molecule has 0 nitrogen and oxygen atoms in total. The predicted molar refractivity (Wildman–Crippen MR) is 63.9 cm³/mol. The second kappa shape index (κ2) is 7.91. The highest BCUT2D eigenvalue weighted by atomic mass is 31.1. The van der Waals surface area contributed by atoms with Gasteiger partial charge >= 0.3 is 0 Å². The first-order valence-electron chi connectivity index (χ1n) is 4.05. The van der Waals surface area contributed by atoms with Crippen molar-refractivity contribution in [3.05, 3.63) is 0 Å². The van der Waals surface area contributed by atoms with E-state index in [0.717, 1.165) is 0 Å². The highest BCUT2D eigenvalue weighted by molar-refractivity contribution is 7.57. The van der Waals surface area contributed by atoms with Gasteiger partial charge in [-0.2, -0.15) is 12.3 Å². The molecule has 0 saturated heterocycles. The highest BCUT2D eigenvalue weighted by Gasteiger charge is 1.87. The Morgan fingerprint density at radius 3 is 1.45 bits per heavy atom. The molecule has 0 atom stereocenters. The largest absolute Gasteiger partial charge is 0.539 e. The molecule has 11 heavy (non-hydrogen) atoms. The molecule has 0 N–H and O–H groups in total. The summed E-state index contributed by atoms with van der Waals surface area (Å²) in [7, 11) is 2.43. The number of rotatable bonds is 6. The first kappa shape index (κ1) is 12.3. The van der Waals surface area contributed by atoms with E-state index in [9.17, 15) is 0 Å². The zero-order chi connectivity index (χ0) is 8.69. The topological polar surface area (TPSA) is 0 Å². The van der Waals surface area contributed by atoms with Gasteiger partial charge in [-0.15, -0.1) is 15.8 Å². The molecular weight excluding hydrogens is 189 g/mol. The van der Waals surface area contributed by atoms with E-state index in [1.165, 1.54) is 24.6 Å². The molecule has 0 aliphatic carbocycles. The molecule has 0 aromatic carbocycles. The minimum absolute atomic E-state index is 0.366. The molecule has 0 aliphatic heterocycles. The zero-order valence-electron chi connectivity index (χ0n) is 8.17. The van der Waals surface area contributed by atoms with Crippen LogP contribution in [-0.4, -0.2) is 51.3 Å². The van der Waals surface area contributed by atoms with E-state index >= 15 is 0 Å². The number of hydrogen-bond acceptors (Lipinski definition) is 0. The van der Waals surface area contributed by atoms with Gasteiger partial charge in [-0.05, 0) is 26.7 Å². The smallest absolute Gasteiger partial charge is 0.0448 e. The van der Waals surface area contributed by atoms with Crippen LogP contribution in [0, 0.1) is 0 Å². The van der Waals surface area contributed by atoms with E-state index in [2.05, 4.69) is 26.7 Å². The van der Waals surface area contributed by atoms with Crippen molar-refractivity contribution in [2.45, 2.75) is 0 Å². The lowest BCUT2D eigenvalue weighted by Gasteiger charge is -2.19. The third-order valence-electron chi connectivity index (χ3n) is 1.41. The molecule has 68 valence electrons. The van der Waals surface area contributed by atoms with Crippen molar-refractivity contribution < 1.29 is 0 Å². The van der Waals surface area contributed by atoms with Gasteiger partial charge in [-0.1, -0.05) is 12.3 Å². The van der Waals surface area contributed by atoms with Gasteiger partial charge in [0.2, 0.25) is 0 Å². The van der Waals surface area contributed by atoms with Gasteiger partial charge in [0.25, 0.3) is 0 Å². The predicted octanol–water partition coefficient (Wildman–Crippen LogP) is 3.42. The molecular formula is C8H20P3-. The monoisotopic (exact) mass is 209 g/mol. The molecule has 0 amide bonds. The molecule has 0 unspecified atom stereocenters. The van der Waals surface area contributed by atoms with E-state index in [1.807, 2.05) is 0 Å². The van der Waals surface area contributed by atoms with Crippen molar-refractivity contribution in [2.24, 2.45) is 0 Å². The van der Waals surface area contributed by atoms with Crippen LogP contribution in [0.4, 0.5) is 0 Å². The summed E-state index contributed by atoms with van der Waals surface area (Å²) in [6, 6.07) is 0. The van der Waals surface area contributed by atoms with Crippen LogP contribution in [0.2, 0.25) is 0 Å². The third-order valence-corrected chi connectivity index (χ3v) is 5.43. The maximum atomic E-state index is 2.37. The summed E-state index contributed by atoms with van der Waals surface area (Å²) in [5, 5.41) is 0. The van der Waals surface area contributed by atoms with Gasteiger partial charge in [-0.25, -0.2) is 0 Å². The first-order chi connectivity index (χ1) is 5.13. The molecule has 0 aliphatic rings. The summed E-state index contributed by atoms with van der Waals surface area (Å²) in [5.74, 6) is 0. The van der Waals surface area contributed by atoms with E-state index < -0.39 is 0 Å². The Labute approximate surface area is 76.2 Å². The molecule has 0 rings (SSSR count). The molecule has 0 bridgehead atoms. The molecule has 3 heteroatoms. The quantitative estimate of drug-likeness (QED) is 0.464. The van der Waals surface area contributed by atoms with E-state index in [-0.39, 0.29) is 0 Å². The Morgan fingerprint density at radius 1 is 0.818 bits per heavy atom. The fourth-order valence-corrected chi connectivity index (χ4v) is 5.21. The molecule has 0 fully saturated rings.